The second kappa shape index (κ2) is 2.35. The summed E-state index contributed by atoms with van der Waals surface area (Å²) in [5.74, 6) is -0.664. The molecule has 9 heavy (non-hydrogen) atoms. The fourth-order valence-corrected chi connectivity index (χ4v) is 0.427. The smallest absolute Gasteiger partial charge is 0.246 e. The van der Waals surface area contributed by atoms with Gasteiger partial charge in [-0.25, -0.2) is 0 Å². The highest BCUT2D eigenvalue weighted by atomic mass is 16.3. The number of primary amides is 1. The van der Waals surface area contributed by atoms with Crippen molar-refractivity contribution in [3.05, 3.63) is 0 Å². The van der Waals surface area contributed by atoms with Crippen molar-refractivity contribution < 1.29 is 9.90 Å². The number of amides is 1. The summed E-state index contributed by atoms with van der Waals surface area (Å²) in [7, 11) is 0. The van der Waals surface area contributed by atoms with Crippen LogP contribution < -0.4 is 5.73 Å². The van der Waals surface area contributed by atoms with E-state index >= 15 is 0 Å². The van der Waals surface area contributed by atoms with Crippen LogP contribution in [0.4, 0.5) is 0 Å². The standard InChI is InChI=1S/C6H13NO2/c1-6(2,3)4(8)5(7)9/h4,8H,1-3H3,(H2,7,9)/t4-/m1/s1. The first kappa shape index (κ1) is 8.43. The lowest BCUT2D eigenvalue weighted by Crippen LogP contribution is -2.38. The summed E-state index contributed by atoms with van der Waals surface area (Å²) in [5.41, 5.74) is 4.39. The first-order valence-electron chi connectivity index (χ1n) is 2.83. The zero-order chi connectivity index (χ0) is 7.65. The Morgan fingerprint density at radius 3 is 1.89 bits per heavy atom. The molecule has 0 unspecified atom stereocenters. The molecule has 1 amide bonds. The average molecular weight is 131 g/mol. The van der Waals surface area contributed by atoms with Gasteiger partial charge in [0.05, 0.1) is 0 Å². The maximum atomic E-state index is 10.3. The van der Waals surface area contributed by atoms with E-state index in [-0.39, 0.29) is 0 Å². The molecule has 0 fully saturated rings. The van der Waals surface area contributed by atoms with Crippen LogP contribution in [0.1, 0.15) is 20.8 Å². The Bertz CT molecular complexity index is 115. The molecule has 0 radical (unpaired) electrons. The van der Waals surface area contributed by atoms with Crippen LogP contribution >= 0.6 is 0 Å². The Hall–Kier alpha value is -0.570. The number of rotatable bonds is 1. The second-order valence-electron chi connectivity index (χ2n) is 3.17. The van der Waals surface area contributed by atoms with E-state index in [0.29, 0.717) is 0 Å². The summed E-state index contributed by atoms with van der Waals surface area (Å²) in [4.78, 5) is 10.3. The van der Waals surface area contributed by atoms with Crippen LogP contribution in [0.5, 0.6) is 0 Å². The van der Waals surface area contributed by atoms with Crippen molar-refractivity contribution in [1.29, 1.82) is 0 Å². The minimum atomic E-state index is -1.04. The molecule has 0 rings (SSSR count). The first-order chi connectivity index (χ1) is 3.85. The number of nitrogens with two attached hydrogens (primary N) is 1. The minimum absolute atomic E-state index is 0.439. The van der Waals surface area contributed by atoms with E-state index in [0.717, 1.165) is 0 Å². The molecule has 0 aliphatic heterocycles. The summed E-state index contributed by atoms with van der Waals surface area (Å²) in [6, 6.07) is 0. The maximum absolute atomic E-state index is 10.3. The third-order valence-corrected chi connectivity index (χ3v) is 1.09. The van der Waals surface area contributed by atoms with Gasteiger partial charge in [-0.1, -0.05) is 20.8 Å². The molecule has 3 heteroatoms. The molecule has 1 atom stereocenters. The van der Waals surface area contributed by atoms with Crippen LogP contribution in [0.3, 0.4) is 0 Å². The lowest BCUT2D eigenvalue weighted by atomic mass is 9.89. The van der Waals surface area contributed by atoms with Gasteiger partial charge in [-0.05, 0) is 5.41 Å². The molecule has 0 spiro atoms. The molecular weight excluding hydrogens is 118 g/mol. The summed E-state index contributed by atoms with van der Waals surface area (Å²) < 4.78 is 0. The summed E-state index contributed by atoms with van der Waals surface area (Å²) in [5, 5.41) is 8.99. The summed E-state index contributed by atoms with van der Waals surface area (Å²) >= 11 is 0. The molecule has 54 valence electrons. The second-order valence-corrected chi connectivity index (χ2v) is 3.17. The normalized spacial score (nSPS) is 15.1. The van der Waals surface area contributed by atoms with Crippen LogP contribution in [-0.2, 0) is 4.79 Å². The molecule has 0 aromatic heterocycles. The van der Waals surface area contributed by atoms with Crippen molar-refractivity contribution in [3.63, 3.8) is 0 Å². The van der Waals surface area contributed by atoms with Gasteiger partial charge in [-0.15, -0.1) is 0 Å². The monoisotopic (exact) mass is 131 g/mol. The fraction of sp³-hybridized carbons (Fsp3) is 0.833. The van der Waals surface area contributed by atoms with E-state index in [2.05, 4.69) is 0 Å². The van der Waals surface area contributed by atoms with Gasteiger partial charge in [0.15, 0.2) is 0 Å². The first-order valence-corrected chi connectivity index (χ1v) is 2.83. The van der Waals surface area contributed by atoms with Gasteiger partial charge in [0, 0.05) is 0 Å². The van der Waals surface area contributed by atoms with E-state index in [1.165, 1.54) is 0 Å². The van der Waals surface area contributed by atoms with Gasteiger partial charge >= 0.3 is 0 Å². The number of hydrogen-bond donors (Lipinski definition) is 2. The van der Waals surface area contributed by atoms with Gasteiger partial charge < -0.3 is 10.8 Å². The Morgan fingerprint density at radius 1 is 1.56 bits per heavy atom. The SMILES string of the molecule is CC(C)(C)[C@H](O)C(N)=O. The minimum Gasteiger partial charge on any atom is -0.383 e. The van der Waals surface area contributed by atoms with Gasteiger partial charge in [-0.2, -0.15) is 0 Å². The van der Waals surface area contributed by atoms with Gasteiger partial charge in [0.25, 0.3) is 0 Å². The van der Waals surface area contributed by atoms with E-state index in [1.54, 1.807) is 20.8 Å². The molecule has 0 heterocycles. The molecule has 0 aliphatic rings. The molecule has 0 saturated heterocycles. The molecule has 0 aliphatic carbocycles. The van der Waals surface area contributed by atoms with E-state index in [1.807, 2.05) is 0 Å². The van der Waals surface area contributed by atoms with Gasteiger partial charge in [-0.3, -0.25) is 4.79 Å². The Balaban J connectivity index is 4.04. The van der Waals surface area contributed by atoms with Crippen molar-refractivity contribution in [1.82, 2.24) is 0 Å². The zero-order valence-electron chi connectivity index (χ0n) is 6.01. The third kappa shape index (κ3) is 2.46. The van der Waals surface area contributed by atoms with Crippen molar-refractivity contribution in [3.8, 4) is 0 Å². The van der Waals surface area contributed by atoms with Crippen molar-refractivity contribution in [2.24, 2.45) is 11.1 Å². The average Bonchev–Trinajstić information content (AvgIpc) is 1.62. The number of carbonyl (C=O) groups excluding carboxylic acids is 1. The molecule has 3 N–H and O–H groups in total. The van der Waals surface area contributed by atoms with Crippen molar-refractivity contribution in [2.45, 2.75) is 26.9 Å². The number of aliphatic hydroxyl groups excluding tert-OH is 1. The van der Waals surface area contributed by atoms with Crippen molar-refractivity contribution in [2.75, 3.05) is 0 Å². The highest BCUT2D eigenvalue weighted by Crippen LogP contribution is 2.17. The topological polar surface area (TPSA) is 63.3 Å². The molecule has 0 aromatic carbocycles. The Labute approximate surface area is 54.9 Å². The lowest BCUT2D eigenvalue weighted by molar-refractivity contribution is -0.131. The van der Waals surface area contributed by atoms with E-state index in [4.69, 9.17) is 10.8 Å². The molecule has 3 nitrogen and oxygen atoms in total. The van der Waals surface area contributed by atoms with E-state index in [9.17, 15) is 4.79 Å². The third-order valence-electron chi connectivity index (χ3n) is 1.09. The Kier molecular flexibility index (Phi) is 2.20. The van der Waals surface area contributed by atoms with E-state index < -0.39 is 17.4 Å². The fourth-order valence-electron chi connectivity index (χ4n) is 0.427. The van der Waals surface area contributed by atoms with Crippen molar-refractivity contribution >= 4 is 5.91 Å². The van der Waals surface area contributed by atoms with Crippen LogP contribution in [0, 0.1) is 5.41 Å². The van der Waals surface area contributed by atoms with Gasteiger partial charge in [0.1, 0.15) is 6.10 Å². The maximum Gasteiger partial charge on any atom is 0.246 e. The highest BCUT2D eigenvalue weighted by molar-refractivity contribution is 5.79. The molecule has 0 saturated carbocycles. The van der Waals surface area contributed by atoms with Gasteiger partial charge in [0.2, 0.25) is 5.91 Å². The number of aliphatic hydroxyl groups is 1. The quantitative estimate of drug-likeness (QED) is 0.521. The Morgan fingerprint density at radius 2 is 1.89 bits per heavy atom. The molecular formula is C6H13NO2. The largest absolute Gasteiger partial charge is 0.383 e. The summed E-state index contributed by atoms with van der Waals surface area (Å²) in [6.45, 7) is 5.26. The predicted molar refractivity (Wildman–Crippen MR) is 34.7 cm³/mol. The van der Waals surface area contributed by atoms with Crippen LogP contribution in [0.2, 0.25) is 0 Å². The number of carbonyl (C=O) groups is 1. The predicted octanol–water partition coefficient (Wildman–Crippen LogP) is -0.121. The zero-order valence-corrected chi connectivity index (χ0v) is 6.01. The molecule has 0 bridgehead atoms. The highest BCUT2D eigenvalue weighted by Gasteiger charge is 2.26. The van der Waals surface area contributed by atoms with Crippen LogP contribution in [0.25, 0.3) is 0 Å². The summed E-state index contributed by atoms with van der Waals surface area (Å²) in [6.07, 6.45) is -1.04. The molecule has 0 aromatic rings. The van der Waals surface area contributed by atoms with Crippen LogP contribution in [-0.4, -0.2) is 17.1 Å². The van der Waals surface area contributed by atoms with Crippen LogP contribution in [0.15, 0.2) is 0 Å². The number of hydrogen-bond acceptors (Lipinski definition) is 2. The lowest BCUT2D eigenvalue weighted by Gasteiger charge is -2.22.